The van der Waals surface area contributed by atoms with Gasteiger partial charge in [0, 0.05) is 13.1 Å². The van der Waals surface area contributed by atoms with Gasteiger partial charge in [-0.2, -0.15) is 0 Å². The highest BCUT2D eigenvalue weighted by molar-refractivity contribution is 5.76. The van der Waals surface area contributed by atoms with Crippen molar-refractivity contribution in [1.82, 2.24) is 10.2 Å². The molecule has 1 saturated heterocycles. The molecule has 0 atom stereocenters. The van der Waals surface area contributed by atoms with Gasteiger partial charge in [0.15, 0.2) is 0 Å². The van der Waals surface area contributed by atoms with Gasteiger partial charge in [0.05, 0.1) is 19.1 Å². The van der Waals surface area contributed by atoms with Crippen LogP contribution >= 0.6 is 0 Å². The Kier molecular flexibility index (Phi) is 7.28. The summed E-state index contributed by atoms with van der Waals surface area (Å²) in [5.74, 6) is 1.04. The normalized spacial score (nSPS) is 17.4. The molecular weight excluding hydrogens is 228 g/mol. The van der Waals surface area contributed by atoms with E-state index in [0.717, 1.165) is 38.4 Å². The fraction of sp³-hybridized carbons (Fsp3) is 0.929. The van der Waals surface area contributed by atoms with Crippen molar-refractivity contribution in [3.63, 3.8) is 0 Å². The molecule has 1 aliphatic rings. The summed E-state index contributed by atoms with van der Waals surface area (Å²) < 4.78 is 5.42. The SMILES string of the molecule is CNCCC1CCN(C(=O)CCOC(C)C)CC1. The van der Waals surface area contributed by atoms with Crippen LogP contribution in [-0.2, 0) is 9.53 Å². The van der Waals surface area contributed by atoms with Crippen molar-refractivity contribution in [2.24, 2.45) is 5.92 Å². The molecule has 0 aromatic rings. The first-order valence-corrected chi connectivity index (χ1v) is 7.17. The monoisotopic (exact) mass is 256 g/mol. The Morgan fingerprint density at radius 1 is 1.39 bits per heavy atom. The maximum Gasteiger partial charge on any atom is 0.224 e. The zero-order valence-electron chi connectivity index (χ0n) is 12.1. The molecule has 0 unspecified atom stereocenters. The largest absolute Gasteiger partial charge is 0.378 e. The number of nitrogens with zero attached hydrogens (tertiary/aromatic N) is 1. The standard InChI is InChI=1S/C14H28N2O2/c1-12(2)18-11-7-14(17)16-9-5-13(6-10-16)4-8-15-3/h12-13,15H,4-11H2,1-3H3. The molecule has 1 amide bonds. The lowest BCUT2D eigenvalue weighted by Crippen LogP contribution is -2.39. The van der Waals surface area contributed by atoms with Gasteiger partial charge in [-0.25, -0.2) is 0 Å². The van der Waals surface area contributed by atoms with Crippen molar-refractivity contribution in [2.75, 3.05) is 33.3 Å². The lowest BCUT2D eigenvalue weighted by Gasteiger charge is -2.32. The Hall–Kier alpha value is -0.610. The molecule has 0 bridgehead atoms. The number of ether oxygens (including phenoxy) is 1. The number of carbonyl (C=O) groups is 1. The van der Waals surface area contributed by atoms with Crippen LogP contribution in [0.25, 0.3) is 0 Å². The molecule has 1 aliphatic heterocycles. The molecule has 106 valence electrons. The summed E-state index contributed by atoms with van der Waals surface area (Å²) in [7, 11) is 1.99. The zero-order valence-corrected chi connectivity index (χ0v) is 12.1. The van der Waals surface area contributed by atoms with Gasteiger partial charge in [0.1, 0.15) is 0 Å². The van der Waals surface area contributed by atoms with E-state index in [0.29, 0.717) is 13.0 Å². The number of rotatable bonds is 7. The minimum absolute atomic E-state index is 0.213. The van der Waals surface area contributed by atoms with Crippen LogP contribution in [0.1, 0.15) is 39.5 Å². The summed E-state index contributed by atoms with van der Waals surface area (Å²) in [6.07, 6.45) is 4.27. The number of hydrogen-bond acceptors (Lipinski definition) is 3. The molecule has 18 heavy (non-hydrogen) atoms. The first-order valence-electron chi connectivity index (χ1n) is 7.17. The highest BCUT2D eigenvalue weighted by Crippen LogP contribution is 2.20. The van der Waals surface area contributed by atoms with E-state index in [1.807, 2.05) is 25.8 Å². The first-order chi connectivity index (χ1) is 8.63. The van der Waals surface area contributed by atoms with E-state index >= 15 is 0 Å². The van der Waals surface area contributed by atoms with Crippen LogP contribution in [0.5, 0.6) is 0 Å². The number of piperidine rings is 1. The smallest absolute Gasteiger partial charge is 0.224 e. The van der Waals surface area contributed by atoms with Crippen LogP contribution in [0.3, 0.4) is 0 Å². The quantitative estimate of drug-likeness (QED) is 0.753. The zero-order chi connectivity index (χ0) is 13.4. The number of likely N-dealkylation sites (tertiary alicyclic amines) is 1. The second kappa shape index (κ2) is 8.48. The number of hydrogen-bond donors (Lipinski definition) is 1. The number of carbonyl (C=O) groups excluding carboxylic acids is 1. The Bertz CT molecular complexity index is 236. The maximum atomic E-state index is 11.9. The lowest BCUT2D eigenvalue weighted by atomic mass is 9.93. The summed E-state index contributed by atoms with van der Waals surface area (Å²) in [5, 5.41) is 3.19. The van der Waals surface area contributed by atoms with Crippen molar-refractivity contribution in [3.05, 3.63) is 0 Å². The molecule has 0 spiro atoms. The van der Waals surface area contributed by atoms with E-state index in [9.17, 15) is 4.79 Å². The van der Waals surface area contributed by atoms with Crippen LogP contribution in [0.2, 0.25) is 0 Å². The van der Waals surface area contributed by atoms with E-state index < -0.39 is 0 Å². The van der Waals surface area contributed by atoms with E-state index in [4.69, 9.17) is 4.74 Å². The van der Waals surface area contributed by atoms with E-state index in [2.05, 4.69) is 5.32 Å². The summed E-state index contributed by atoms with van der Waals surface area (Å²) >= 11 is 0. The van der Waals surface area contributed by atoms with Crippen LogP contribution in [0.4, 0.5) is 0 Å². The van der Waals surface area contributed by atoms with Crippen LogP contribution < -0.4 is 5.32 Å². The Balaban J connectivity index is 2.15. The second-order valence-electron chi connectivity index (χ2n) is 5.39. The predicted octanol–water partition coefficient (Wildman–Crippen LogP) is 1.65. The summed E-state index contributed by atoms with van der Waals surface area (Å²) in [5.41, 5.74) is 0. The van der Waals surface area contributed by atoms with Crippen LogP contribution in [0.15, 0.2) is 0 Å². The molecule has 0 aliphatic carbocycles. The van der Waals surface area contributed by atoms with Gasteiger partial charge in [-0.15, -0.1) is 0 Å². The highest BCUT2D eigenvalue weighted by Gasteiger charge is 2.22. The summed E-state index contributed by atoms with van der Waals surface area (Å²) in [4.78, 5) is 13.9. The predicted molar refractivity (Wildman–Crippen MR) is 73.6 cm³/mol. The molecule has 4 heteroatoms. The Morgan fingerprint density at radius 2 is 2.06 bits per heavy atom. The Morgan fingerprint density at radius 3 is 2.61 bits per heavy atom. The maximum absolute atomic E-state index is 11.9. The summed E-state index contributed by atoms with van der Waals surface area (Å²) in [6, 6.07) is 0. The van der Waals surface area contributed by atoms with Crippen molar-refractivity contribution < 1.29 is 9.53 Å². The third-order valence-electron chi connectivity index (χ3n) is 3.54. The third-order valence-corrected chi connectivity index (χ3v) is 3.54. The molecule has 1 fully saturated rings. The topological polar surface area (TPSA) is 41.6 Å². The minimum Gasteiger partial charge on any atom is -0.378 e. The molecule has 1 heterocycles. The molecule has 0 radical (unpaired) electrons. The second-order valence-corrected chi connectivity index (χ2v) is 5.39. The van der Waals surface area contributed by atoms with Gasteiger partial charge in [0.25, 0.3) is 0 Å². The number of amides is 1. The van der Waals surface area contributed by atoms with Crippen molar-refractivity contribution in [3.8, 4) is 0 Å². The molecule has 0 aromatic carbocycles. The van der Waals surface area contributed by atoms with E-state index in [1.54, 1.807) is 0 Å². The molecule has 0 aromatic heterocycles. The molecule has 1 rings (SSSR count). The lowest BCUT2D eigenvalue weighted by molar-refractivity contribution is -0.134. The minimum atomic E-state index is 0.213. The van der Waals surface area contributed by atoms with Gasteiger partial charge < -0.3 is 15.0 Å². The van der Waals surface area contributed by atoms with E-state index in [1.165, 1.54) is 6.42 Å². The summed E-state index contributed by atoms with van der Waals surface area (Å²) in [6.45, 7) is 7.48. The molecule has 1 N–H and O–H groups in total. The van der Waals surface area contributed by atoms with Crippen molar-refractivity contribution in [1.29, 1.82) is 0 Å². The van der Waals surface area contributed by atoms with Gasteiger partial charge in [0.2, 0.25) is 5.91 Å². The highest BCUT2D eigenvalue weighted by atomic mass is 16.5. The van der Waals surface area contributed by atoms with Crippen molar-refractivity contribution in [2.45, 2.75) is 45.6 Å². The van der Waals surface area contributed by atoms with E-state index in [-0.39, 0.29) is 12.0 Å². The first kappa shape index (κ1) is 15.4. The van der Waals surface area contributed by atoms with Gasteiger partial charge >= 0.3 is 0 Å². The van der Waals surface area contributed by atoms with Crippen LogP contribution in [-0.4, -0.2) is 50.2 Å². The number of nitrogens with one attached hydrogen (secondary N) is 1. The molecular formula is C14H28N2O2. The average Bonchev–Trinajstić information content (AvgIpc) is 2.36. The average molecular weight is 256 g/mol. The molecule has 0 saturated carbocycles. The fourth-order valence-corrected chi connectivity index (χ4v) is 2.36. The van der Waals surface area contributed by atoms with Gasteiger partial charge in [-0.05, 0) is 52.6 Å². The van der Waals surface area contributed by atoms with Gasteiger partial charge in [-0.3, -0.25) is 4.79 Å². The Labute approximate surface area is 111 Å². The van der Waals surface area contributed by atoms with Gasteiger partial charge in [-0.1, -0.05) is 0 Å². The fourth-order valence-electron chi connectivity index (χ4n) is 2.36. The third kappa shape index (κ3) is 5.83. The van der Waals surface area contributed by atoms with Crippen LogP contribution in [0, 0.1) is 5.92 Å². The van der Waals surface area contributed by atoms with Crippen molar-refractivity contribution >= 4 is 5.91 Å². The molecule has 4 nitrogen and oxygen atoms in total.